The number of amides is 1. The molecule has 0 aliphatic heterocycles. The predicted molar refractivity (Wildman–Crippen MR) is 87.7 cm³/mol. The van der Waals surface area contributed by atoms with Crippen LogP contribution in [0.3, 0.4) is 0 Å². The Bertz CT molecular complexity index is 658. The van der Waals surface area contributed by atoms with Gasteiger partial charge < -0.3 is 15.2 Å². The average molecular weight is 320 g/mol. The number of benzene rings is 2. The number of anilines is 1. The van der Waals surface area contributed by atoms with Crippen molar-refractivity contribution in [2.75, 3.05) is 11.9 Å². The first-order chi connectivity index (χ1) is 10.5. The highest BCUT2D eigenvalue weighted by molar-refractivity contribution is 6.32. The minimum absolute atomic E-state index is 0.00813. The molecule has 0 aliphatic carbocycles. The second kappa shape index (κ2) is 7.71. The zero-order valence-electron chi connectivity index (χ0n) is 12.3. The largest absolute Gasteiger partial charge is 0.506 e. The third kappa shape index (κ3) is 4.97. The fourth-order valence-corrected chi connectivity index (χ4v) is 2.12. The van der Waals surface area contributed by atoms with Gasteiger partial charge in [0.25, 0.3) is 0 Å². The lowest BCUT2D eigenvalue weighted by Crippen LogP contribution is -2.12. The van der Waals surface area contributed by atoms with Crippen LogP contribution in [0.4, 0.5) is 5.69 Å². The summed E-state index contributed by atoms with van der Waals surface area (Å²) in [5.74, 6) is 0.687. The molecule has 2 aromatic carbocycles. The van der Waals surface area contributed by atoms with Crippen LogP contribution < -0.4 is 10.1 Å². The van der Waals surface area contributed by atoms with Crippen molar-refractivity contribution in [2.45, 2.75) is 19.8 Å². The van der Waals surface area contributed by atoms with Crippen molar-refractivity contribution in [3.63, 3.8) is 0 Å². The molecule has 0 bridgehead atoms. The van der Waals surface area contributed by atoms with Crippen molar-refractivity contribution < 1.29 is 14.6 Å². The molecular formula is C17H18ClNO3. The molecule has 0 saturated heterocycles. The number of ether oxygens (including phenoxy) is 1. The maximum atomic E-state index is 11.8. The fraction of sp³-hybridized carbons (Fsp3) is 0.235. The number of rotatable bonds is 6. The number of aryl methyl sites for hydroxylation is 1. The number of halogens is 1. The van der Waals surface area contributed by atoms with Crippen LogP contribution in [0.2, 0.25) is 5.02 Å². The highest BCUT2D eigenvalue weighted by Gasteiger charge is 2.05. The number of nitrogens with one attached hydrogen (secondary N) is 1. The summed E-state index contributed by atoms with van der Waals surface area (Å²) in [6.07, 6.45) is 0.968. The number of hydrogen-bond donors (Lipinski definition) is 2. The molecule has 116 valence electrons. The van der Waals surface area contributed by atoms with E-state index in [1.54, 1.807) is 6.07 Å². The van der Waals surface area contributed by atoms with E-state index in [0.29, 0.717) is 25.1 Å². The number of phenolic OH excluding ortho intramolecular Hbond substituents is 1. The maximum absolute atomic E-state index is 11.8. The molecule has 0 aromatic heterocycles. The molecule has 0 aliphatic rings. The standard InChI is InChI=1S/C17H18ClNO3/c1-12-4-2-5-14(10-12)22-9-3-6-17(21)19-13-7-8-16(20)15(18)11-13/h2,4-5,7-8,10-11,20H,3,6,9H2,1H3,(H,19,21). The first-order valence-corrected chi connectivity index (χ1v) is 7.40. The highest BCUT2D eigenvalue weighted by atomic mass is 35.5. The van der Waals surface area contributed by atoms with Gasteiger partial charge in [0.15, 0.2) is 0 Å². The fourth-order valence-electron chi connectivity index (χ4n) is 1.94. The quantitative estimate of drug-likeness (QED) is 0.621. The highest BCUT2D eigenvalue weighted by Crippen LogP contribution is 2.26. The molecule has 0 heterocycles. The summed E-state index contributed by atoms with van der Waals surface area (Å²) in [6.45, 7) is 2.48. The van der Waals surface area contributed by atoms with Crippen LogP contribution in [-0.2, 0) is 4.79 Å². The smallest absolute Gasteiger partial charge is 0.224 e. The van der Waals surface area contributed by atoms with Crippen molar-refractivity contribution in [3.05, 3.63) is 53.1 Å². The molecule has 0 atom stereocenters. The van der Waals surface area contributed by atoms with Crippen molar-refractivity contribution in [2.24, 2.45) is 0 Å². The third-order valence-electron chi connectivity index (χ3n) is 3.04. The van der Waals surface area contributed by atoms with Crippen LogP contribution in [0.1, 0.15) is 18.4 Å². The lowest BCUT2D eigenvalue weighted by atomic mass is 10.2. The van der Waals surface area contributed by atoms with E-state index in [-0.39, 0.29) is 16.7 Å². The van der Waals surface area contributed by atoms with E-state index in [1.165, 1.54) is 12.1 Å². The number of carbonyl (C=O) groups excluding carboxylic acids is 1. The molecule has 0 saturated carbocycles. The van der Waals surface area contributed by atoms with Crippen LogP contribution in [0, 0.1) is 6.92 Å². The lowest BCUT2D eigenvalue weighted by Gasteiger charge is -2.08. The Labute approximate surface area is 134 Å². The number of hydrogen-bond acceptors (Lipinski definition) is 3. The molecule has 5 heteroatoms. The average Bonchev–Trinajstić information content (AvgIpc) is 2.48. The second-order valence-corrected chi connectivity index (χ2v) is 5.39. The second-order valence-electron chi connectivity index (χ2n) is 4.98. The summed E-state index contributed by atoms with van der Waals surface area (Å²) in [4.78, 5) is 11.8. The van der Waals surface area contributed by atoms with Crippen LogP contribution in [0.15, 0.2) is 42.5 Å². The van der Waals surface area contributed by atoms with Gasteiger partial charge in [-0.3, -0.25) is 4.79 Å². The minimum Gasteiger partial charge on any atom is -0.506 e. The Hall–Kier alpha value is -2.20. The minimum atomic E-state index is -0.116. The maximum Gasteiger partial charge on any atom is 0.224 e. The van der Waals surface area contributed by atoms with Gasteiger partial charge in [-0.1, -0.05) is 23.7 Å². The van der Waals surface area contributed by atoms with Crippen LogP contribution >= 0.6 is 11.6 Å². The van der Waals surface area contributed by atoms with Gasteiger partial charge in [-0.15, -0.1) is 0 Å². The monoisotopic (exact) mass is 319 g/mol. The van der Waals surface area contributed by atoms with Gasteiger partial charge in [0.1, 0.15) is 11.5 Å². The number of aromatic hydroxyl groups is 1. The van der Waals surface area contributed by atoms with Gasteiger partial charge in [0.2, 0.25) is 5.91 Å². The zero-order valence-corrected chi connectivity index (χ0v) is 13.1. The predicted octanol–water partition coefficient (Wildman–Crippen LogP) is 4.15. The molecule has 0 fully saturated rings. The summed E-state index contributed by atoms with van der Waals surface area (Å²) < 4.78 is 5.59. The first-order valence-electron chi connectivity index (χ1n) is 7.02. The normalized spacial score (nSPS) is 10.3. The van der Waals surface area contributed by atoms with Gasteiger partial charge in [-0.25, -0.2) is 0 Å². The zero-order chi connectivity index (χ0) is 15.9. The van der Waals surface area contributed by atoms with Gasteiger partial charge in [0.05, 0.1) is 11.6 Å². The van der Waals surface area contributed by atoms with Crippen molar-refractivity contribution in [3.8, 4) is 11.5 Å². The van der Waals surface area contributed by atoms with Gasteiger partial charge in [0, 0.05) is 12.1 Å². The molecule has 0 spiro atoms. The van der Waals surface area contributed by atoms with E-state index >= 15 is 0 Å². The Kier molecular flexibility index (Phi) is 5.67. The summed E-state index contributed by atoms with van der Waals surface area (Å²) in [6, 6.07) is 12.3. The SMILES string of the molecule is Cc1cccc(OCCCC(=O)Nc2ccc(O)c(Cl)c2)c1. The topological polar surface area (TPSA) is 58.6 Å². The third-order valence-corrected chi connectivity index (χ3v) is 3.34. The van der Waals surface area contributed by atoms with E-state index in [4.69, 9.17) is 16.3 Å². The Morgan fingerprint density at radius 2 is 2.09 bits per heavy atom. The van der Waals surface area contributed by atoms with Crippen molar-refractivity contribution in [1.82, 2.24) is 0 Å². The van der Waals surface area contributed by atoms with Crippen LogP contribution in [0.5, 0.6) is 11.5 Å². The Morgan fingerprint density at radius 3 is 2.82 bits per heavy atom. The number of phenols is 1. The van der Waals surface area contributed by atoms with E-state index in [2.05, 4.69) is 5.32 Å². The summed E-state index contributed by atoms with van der Waals surface area (Å²) in [7, 11) is 0. The van der Waals surface area contributed by atoms with E-state index in [1.807, 2.05) is 31.2 Å². The van der Waals surface area contributed by atoms with Gasteiger partial charge in [-0.2, -0.15) is 0 Å². The molecule has 22 heavy (non-hydrogen) atoms. The molecule has 2 N–H and O–H groups in total. The van der Waals surface area contributed by atoms with Gasteiger partial charge >= 0.3 is 0 Å². The van der Waals surface area contributed by atoms with E-state index in [9.17, 15) is 9.90 Å². The molecule has 1 amide bonds. The molecular weight excluding hydrogens is 302 g/mol. The van der Waals surface area contributed by atoms with Crippen molar-refractivity contribution >= 4 is 23.2 Å². The molecule has 2 aromatic rings. The van der Waals surface area contributed by atoms with Crippen LogP contribution in [0.25, 0.3) is 0 Å². The summed E-state index contributed by atoms with van der Waals surface area (Å²) in [5.41, 5.74) is 1.70. The molecule has 4 nitrogen and oxygen atoms in total. The molecule has 0 radical (unpaired) electrons. The number of carbonyl (C=O) groups is 1. The Morgan fingerprint density at radius 1 is 1.27 bits per heavy atom. The van der Waals surface area contributed by atoms with Crippen LogP contribution in [-0.4, -0.2) is 17.6 Å². The van der Waals surface area contributed by atoms with Gasteiger partial charge in [-0.05, 0) is 49.2 Å². The molecule has 2 rings (SSSR count). The lowest BCUT2D eigenvalue weighted by molar-refractivity contribution is -0.116. The summed E-state index contributed by atoms with van der Waals surface area (Å²) in [5, 5.41) is 12.3. The molecule has 0 unspecified atom stereocenters. The van der Waals surface area contributed by atoms with Crippen molar-refractivity contribution in [1.29, 1.82) is 0 Å². The summed E-state index contributed by atoms with van der Waals surface area (Å²) >= 11 is 5.78. The first kappa shape index (κ1) is 16.2. The van der Waals surface area contributed by atoms with E-state index in [0.717, 1.165) is 11.3 Å². The van der Waals surface area contributed by atoms with E-state index < -0.39 is 0 Å². The Balaban J connectivity index is 1.72.